The summed E-state index contributed by atoms with van der Waals surface area (Å²) in [5.74, 6) is 0. The first-order valence-electron chi connectivity index (χ1n) is 27.2. The number of hydrogen-bond donors (Lipinski definition) is 0. The molecule has 6 aromatic carbocycles. The Balaban J connectivity index is 1.27. The third kappa shape index (κ3) is 6.03. The average Bonchev–Trinajstić information content (AvgIpc) is 3.75. The summed E-state index contributed by atoms with van der Waals surface area (Å²) >= 11 is 0. The smallest absolute Gasteiger partial charge is 0.252 e. The molecule has 4 heteroatoms. The largest absolute Gasteiger partial charge is 0.456 e. The molecule has 5 aliphatic rings. The summed E-state index contributed by atoms with van der Waals surface area (Å²) in [5, 5.41) is 2.11. The van der Waals surface area contributed by atoms with Gasteiger partial charge in [-0.25, -0.2) is 0 Å². The first kappa shape index (κ1) is 40.7. The summed E-state index contributed by atoms with van der Waals surface area (Å²) in [7, 11) is 0. The molecule has 3 heterocycles. The van der Waals surface area contributed by atoms with Crippen LogP contribution in [-0.4, -0.2) is 6.71 Å². The van der Waals surface area contributed by atoms with Crippen molar-refractivity contribution < 1.29 is 8.53 Å². The van der Waals surface area contributed by atoms with E-state index >= 15 is 0 Å². The van der Waals surface area contributed by atoms with Crippen molar-refractivity contribution in [2.75, 3.05) is 9.80 Å². The maximum atomic E-state index is 9.29. The Hall–Kier alpha value is -5.22. The van der Waals surface area contributed by atoms with Crippen LogP contribution in [0, 0.1) is 6.85 Å². The molecule has 0 radical (unpaired) electrons. The van der Waals surface area contributed by atoms with Gasteiger partial charge in [-0.1, -0.05) is 146 Å². The van der Waals surface area contributed by atoms with Crippen molar-refractivity contribution in [2.24, 2.45) is 0 Å². The van der Waals surface area contributed by atoms with Gasteiger partial charge in [-0.05, 0) is 181 Å². The lowest BCUT2D eigenvalue weighted by Crippen LogP contribution is -2.62. The van der Waals surface area contributed by atoms with Crippen molar-refractivity contribution in [1.82, 2.24) is 0 Å². The minimum absolute atomic E-state index is 0.0293. The molecule has 12 rings (SSSR count). The number of furan rings is 1. The molecule has 0 N–H and O–H groups in total. The van der Waals surface area contributed by atoms with E-state index in [-0.39, 0.29) is 44.6 Å². The highest BCUT2D eigenvalue weighted by atomic mass is 16.3. The first-order chi connectivity index (χ1) is 32.9. The second-order valence-electron chi connectivity index (χ2n) is 26.8. The Kier molecular flexibility index (Phi) is 8.10. The predicted molar refractivity (Wildman–Crippen MR) is 292 cm³/mol. The van der Waals surface area contributed by atoms with Crippen LogP contribution in [0.5, 0.6) is 0 Å². The van der Waals surface area contributed by atoms with Gasteiger partial charge < -0.3 is 14.2 Å². The molecule has 1 aromatic heterocycles. The third-order valence-corrected chi connectivity index (χ3v) is 18.2. The van der Waals surface area contributed by atoms with E-state index in [0.29, 0.717) is 5.56 Å². The molecule has 348 valence electrons. The summed E-state index contributed by atoms with van der Waals surface area (Å²) in [5.41, 5.74) is 21.2. The van der Waals surface area contributed by atoms with Crippen molar-refractivity contribution in [3.63, 3.8) is 0 Å². The van der Waals surface area contributed by atoms with Gasteiger partial charge in [-0.15, -0.1) is 0 Å². The summed E-state index contributed by atoms with van der Waals surface area (Å²) < 4.78 is 34.8. The van der Waals surface area contributed by atoms with E-state index in [0.717, 1.165) is 99.2 Å². The Morgan fingerprint density at radius 2 is 1.03 bits per heavy atom. The monoisotopic (exact) mass is 900 g/mol. The maximum Gasteiger partial charge on any atom is 0.252 e. The van der Waals surface area contributed by atoms with Gasteiger partial charge in [0.15, 0.2) is 0 Å². The van der Waals surface area contributed by atoms with E-state index in [2.05, 4.69) is 193 Å². The number of benzene rings is 6. The van der Waals surface area contributed by atoms with Crippen LogP contribution in [0.3, 0.4) is 0 Å². The van der Waals surface area contributed by atoms with Crippen LogP contribution >= 0.6 is 0 Å². The number of fused-ring (bicyclic) bond motifs is 10. The number of para-hydroxylation sites is 1. The molecular weight excluding hydrogens is 824 g/mol. The van der Waals surface area contributed by atoms with Crippen molar-refractivity contribution in [3.8, 4) is 0 Å². The van der Waals surface area contributed by atoms with Crippen LogP contribution in [0.25, 0.3) is 21.9 Å². The van der Waals surface area contributed by atoms with Crippen LogP contribution in [0.2, 0.25) is 0 Å². The molecule has 2 aliphatic heterocycles. The van der Waals surface area contributed by atoms with E-state index in [1.165, 1.54) is 44.3 Å². The zero-order chi connectivity index (χ0) is 50.7. The van der Waals surface area contributed by atoms with Crippen molar-refractivity contribution in [1.29, 1.82) is 0 Å². The van der Waals surface area contributed by atoms with Gasteiger partial charge in [0.1, 0.15) is 11.2 Å². The van der Waals surface area contributed by atoms with E-state index in [1.807, 2.05) is 12.1 Å². The Bertz CT molecular complexity index is 3460. The highest BCUT2D eigenvalue weighted by molar-refractivity contribution is 7.00. The van der Waals surface area contributed by atoms with Gasteiger partial charge in [0.25, 0.3) is 6.71 Å². The maximum absolute atomic E-state index is 9.29. The van der Waals surface area contributed by atoms with Gasteiger partial charge >= 0.3 is 0 Å². The molecule has 0 saturated carbocycles. The molecular formula is C64H73BN2O. The fraction of sp³-hybridized carbons (Fsp3) is 0.438. The van der Waals surface area contributed by atoms with Crippen LogP contribution in [-0.2, 0) is 37.9 Å². The molecule has 0 bridgehead atoms. The Labute approximate surface area is 412 Å². The minimum atomic E-state index is -2.39. The molecule has 0 fully saturated rings. The van der Waals surface area contributed by atoms with E-state index in [1.54, 1.807) is 0 Å². The molecule has 3 nitrogen and oxygen atoms in total. The molecule has 0 amide bonds. The lowest BCUT2D eigenvalue weighted by atomic mass is 9.33. The molecule has 0 spiro atoms. The van der Waals surface area contributed by atoms with Crippen LogP contribution < -0.4 is 26.2 Å². The first-order valence-corrected chi connectivity index (χ1v) is 25.7. The minimum Gasteiger partial charge on any atom is -0.456 e. The summed E-state index contributed by atoms with van der Waals surface area (Å²) in [6, 6.07) is 34.6. The number of anilines is 6. The van der Waals surface area contributed by atoms with E-state index in [4.69, 9.17) is 4.42 Å². The fourth-order valence-electron chi connectivity index (χ4n) is 14.4. The average molecular weight is 900 g/mol. The highest BCUT2D eigenvalue weighted by Gasteiger charge is 2.50. The van der Waals surface area contributed by atoms with E-state index < -0.39 is 6.85 Å². The van der Waals surface area contributed by atoms with E-state index in [9.17, 15) is 4.11 Å². The normalized spacial score (nSPS) is 21.5. The SMILES string of the molecule is [2H]C([2H])([2H])c1cc2c3c(c1)N(c1ccc(C(C)(C)C)c4oc5ccccc5c14)c1cc4c(cc1B3c1cc3c(cc1N2c1ccc2c(c1)C(C)(C)CCC2(C)C)C(C)(C)CCC3(C)C)C(C)(C)CC4(C)C. The zero-order valence-electron chi connectivity index (χ0n) is 46.6. The molecule has 68 heavy (non-hydrogen) atoms. The summed E-state index contributed by atoms with van der Waals surface area (Å²) in [6.45, 7) is 33.2. The summed E-state index contributed by atoms with van der Waals surface area (Å²) in [4.78, 5) is 4.95. The number of aryl methyl sites for hydroxylation is 1. The second kappa shape index (κ2) is 13.6. The Morgan fingerprint density at radius 3 is 1.63 bits per heavy atom. The molecule has 7 aromatic rings. The number of nitrogens with zero attached hydrogens (tertiary/aromatic N) is 2. The highest BCUT2D eigenvalue weighted by Crippen LogP contribution is 2.56. The number of rotatable bonds is 2. The summed E-state index contributed by atoms with van der Waals surface area (Å²) in [6.07, 6.45) is 5.48. The molecule has 3 aliphatic carbocycles. The number of hydrogen-bond acceptors (Lipinski definition) is 3. The zero-order valence-corrected chi connectivity index (χ0v) is 43.6. The molecule has 0 unspecified atom stereocenters. The van der Waals surface area contributed by atoms with Crippen LogP contribution in [0.1, 0.15) is 185 Å². The lowest BCUT2D eigenvalue weighted by molar-refractivity contribution is 0.332. The van der Waals surface area contributed by atoms with Crippen molar-refractivity contribution in [3.05, 3.63) is 136 Å². The van der Waals surface area contributed by atoms with Crippen LogP contribution in [0.4, 0.5) is 34.1 Å². The van der Waals surface area contributed by atoms with Gasteiger partial charge in [0, 0.05) is 43.5 Å². The lowest BCUT2D eigenvalue weighted by Gasteiger charge is -2.48. The molecule has 0 atom stereocenters. The van der Waals surface area contributed by atoms with Crippen LogP contribution in [0.15, 0.2) is 95.4 Å². The Morgan fingerprint density at radius 1 is 0.515 bits per heavy atom. The molecule has 0 saturated heterocycles. The van der Waals surface area contributed by atoms with Gasteiger partial charge in [0.05, 0.1) is 11.1 Å². The predicted octanol–water partition coefficient (Wildman–Crippen LogP) is 15.9. The van der Waals surface area contributed by atoms with Crippen molar-refractivity contribution >= 4 is 79.2 Å². The second-order valence-corrected chi connectivity index (χ2v) is 26.8. The van der Waals surface area contributed by atoms with Gasteiger partial charge in [-0.3, -0.25) is 0 Å². The standard InChI is InChI=1S/C64H73BN2O/c1-37-29-52-56-53(30-37)67(49-24-23-41(58(2,3)4)57-55(49)39-19-17-18-20-54(39)68-57)51-35-46-44(63(13,14)36-64(46,15)16)33-48(51)65(56)47-32-43-45(62(11,12)28-27-61(43,9)10)34-50(47)66(52)38-21-22-40-42(31-38)60(7,8)26-25-59(40,5)6/h17-24,29-35H,25-28,36H2,1-16H3/i1D3. The topological polar surface area (TPSA) is 19.6 Å². The third-order valence-electron chi connectivity index (χ3n) is 18.2. The van der Waals surface area contributed by atoms with Gasteiger partial charge in [-0.2, -0.15) is 0 Å². The quantitative estimate of drug-likeness (QED) is 0.161. The van der Waals surface area contributed by atoms with Gasteiger partial charge in [0.2, 0.25) is 0 Å². The fourth-order valence-corrected chi connectivity index (χ4v) is 14.4. The van der Waals surface area contributed by atoms with Crippen molar-refractivity contribution in [2.45, 2.75) is 181 Å².